The van der Waals surface area contributed by atoms with E-state index in [-0.39, 0.29) is 24.0 Å². The highest BCUT2D eigenvalue weighted by molar-refractivity contribution is 5.30. The lowest BCUT2D eigenvalue weighted by atomic mass is 9.72. The second-order valence-electron chi connectivity index (χ2n) is 7.07. The summed E-state index contributed by atoms with van der Waals surface area (Å²) in [7, 11) is 2.55. The molecule has 1 aliphatic carbocycles. The van der Waals surface area contributed by atoms with Crippen molar-refractivity contribution in [2.75, 3.05) is 20.1 Å². The van der Waals surface area contributed by atoms with Gasteiger partial charge < -0.3 is 28.5 Å². The lowest BCUT2D eigenvalue weighted by molar-refractivity contribution is -0.961. The maximum atomic E-state index is 2.58. The highest BCUT2D eigenvalue weighted by Crippen LogP contribution is 2.51. The molecule has 0 bridgehead atoms. The average Bonchev–Trinajstić information content (AvgIpc) is 2.79. The second-order valence-corrected chi connectivity index (χ2v) is 7.07. The Morgan fingerprint density at radius 3 is 2.78 bits per heavy atom. The molecule has 3 rings (SSSR count). The third-order valence-electron chi connectivity index (χ3n) is 6.36. The molecule has 0 aromatic heterocycles. The van der Waals surface area contributed by atoms with Gasteiger partial charge in [0, 0.05) is 18.8 Å². The summed E-state index contributed by atoms with van der Waals surface area (Å²) in [5.41, 5.74) is 4.26. The van der Waals surface area contributed by atoms with E-state index in [9.17, 15) is 0 Å². The average molecular weight is 361 g/mol. The zero-order valence-corrected chi connectivity index (χ0v) is 14.4. The number of nitrogens with zero attached hydrogens (tertiary/aromatic N) is 1. The lowest BCUT2D eigenvalue weighted by Crippen LogP contribution is -3.00. The standard InChI is InChI=1S/C16H28N.HI/c1-4-13-8-10-16(2)15-7-5-6-14(15)9-11-17(16,3)12-13;/h13H,4-12H2,1-3H3;1H/q+1;/p-1. The van der Waals surface area contributed by atoms with Crippen molar-refractivity contribution >= 4 is 0 Å². The Morgan fingerprint density at radius 2 is 2.06 bits per heavy atom. The summed E-state index contributed by atoms with van der Waals surface area (Å²) in [5, 5.41) is 0. The van der Waals surface area contributed by atoms with E-state index in [2.05, 4.69) is 20.9 Å². The third-order valence-corrected chi connectivity index (χ3v) is 6.36. The number of rotatable bonds is 1. The van der Waals surface area contributed by atoms with Crippen LogP contribution in [0, 0.1) is 5.92 Å². The molecule has 0 aromatic carbocycles. The van der Waals surface area contributed by atoms with E-state index >= 15 is 0 Å². The summed E-state index contributed by atoms with van der Waals surface area (Å²) in [6.45, 7) is 7.80. The van der Waals surface area contributed by atoms with Crippen molar-refractivity contribution in [3.05, 3.63) is 11.1 Å². The van der Waals surface area contributed by atoms with E-state index in [0.717, 1.165) is 5.92 Å². The van der Waals surface area contributed by atoms with Crippen molar-refractivity contribution in [2.24, 2.45) is 5.92 Å². The van der Waals surface area contributed by atoms with E-state index in [1.54, 1.807) is 0 Å². The minimum Gasteiger partial charge on any atom is -1.00 e. The zero-order chi connectivity index (χ0) is 12.1. The Morgan fingerprint density at radius 1 is 1.28 bits per heavy atom. The molecule has 0 amide bonds. The van der Waals surface area contributed by atoms with Gasteiger partial charge in [-0.2, -0.15) is 0 Å². The summed E-state index contributed by atoms with van der Waals surface area (Å²) in [4.78, 5) is 0. The van der Waals surface area contributed by atoms with Crippen LogP contribution in [0.1, 0.15) is 58.8 Å². The van der Waals surface area contributed by atoms with E-state index in [0.29, 0.717) is 5.54 Å². The zero-order valence-electron chi connectivity index (χ0n) is 12.3. The molecule has 0 saturated carbocycles. The van der Waals surface area contributed by atoms with Crippen molar-refractivity contribution in [1.29, 1.82) is 0 Å². The van der Waals surface area contributed by atoms with Crippen molar-refractivity contribution in [3.63, 3.8) is 0 Å². The van der Waals surface area contributed by atoms with Gasteiger partial charge in [-0.3, -0.25) is 0 Å². The van der Waals surface area contributed by atoms with E-state index in [1.807, 2.05) is 11.1 Å². The summed E-state index contributed by atoms with van der Waals surface area (Å²) in [5.74, 6) is 0.983. The van der Waals surface area contributed by atoms with E-state index in [4.69, 9.17) is 0 Å². The van der Waals surface area contributed by atoms with Crippen LogP contribution in [0.2, 0.25) is 0 Å². The first-order valence-electron chi connectivity index (χ1n) is 7.65. The maximum Gasteiger partial charge on any atom is 0.118 e. The third kappa shape index (κ3) is 1.98. The second kappa shape index (κ2) is 5.08. The Hall–Kier alpha value is 0.430. The molecule has 3 aliphatic rings. The molecule has 104 valence electrons. The quantitative estimate of drug-likeness (QED) is 0.370. The van der Waals surface area contributed by atoms with Gasteiger partial charge in [-0.15, -0.1) is 0 Å². The molecule has 2 heterocycles. The fourth-order valence-electron chi connectivity index (χ4n) is 4.88. The van der Waals surface area contributed by atoms with Gasteiger partial charge in [0.2, 0.25) is 0 Å². The monoisotopic (exact) mass is 361 g/mol. The minimum atomic E-state index is 0. The Bertz CT molecular complexity index is 362. The largest absolute Gasteiger partial charge is 1.00 e. The number of halogens is 1. The van der Waals surface area contributed by atoms with Gasteiger partial charge in [-0.05, 0) is 44.6 Å². The van der Waals surface area contributed by atoms with Crippen LogP contribution in [0.3, 0.4) is 0 Å². The lowest BCUT2D eigenvalue weighted by Gasteiger charge is -2.57. The van der Waals surface area contributed by atoms with Crippen molar-refractivity contribution in [1.82, 2.24) is 0 Å². The van der Waals surface area contributed by atoms with Gasteiger partial charge in [0.05, 0.1) is 20.1 Å². The number of fused-ring (bicyclic) bond motifs is 2. The van der Waals surface area contributed by atoms with Gasteiger partial charge in [-0.1, -0.05) is 12.5 Å². The highest BCUT2D eigenvalue weighted by atomic mass is 127. The molecule has 0 spiro atoms. The van der Waals surface area contributed by atoms with Gasteiger partial charge in [-0.25, -0.2) is 0 Å². The van der Waals surface area contributed by atoms with Crippen LogP contribution in [0.5, 0.6) is 0 Å². The van der Waals surface area contributed by atoms with Crippen LogP contribution >= 0.6 is 0 Å². The Kier molecular flexibility index (Phi) is 4.19. The summed E-state index contributed by atoms with van der Waals surface area (Å²) in [6, 6.07) is 0. The van der Waals surface area contributed by atoms with Crippen LogP contribution in [0.25, 0.3) is 0 Å². The first kappa shape index (κ1) is 14.8. The molecule has 0 N–H and O–H groups in total. The number of quaternary nitrogens is 1. The van der Waals surface area contributed by atoms with Crippen LogP contribution in [0.15, 0.2) is 11.1 Å². The van der Waals surface area contributed by atoms with Crippen molar-refractivity contribution in [2.45, 2.75) is 64.3 Å². The summed E-state index contributed by atoms with van der Waals surface area (Å²) >= 11 is 0. The normalized spacial score (nSPS) is 43.2. The topological polar surface area (TPSA) is 0 Å². The van der Waals surface area contributed by atoms with E-state index in [1.165, 1.54) is 62.5 Å². The smallest absolute Gasteiger partial charge is 0.118 e. The Labute approximate surface area is 130 Å². The molecule has 3 unspecified atom stereocenters. The molecule has 2 aliphatic heterocycles. The van der Waals surface area contributed by atoms with Crippen LogP contribution in [-0.4, -0.2) is 30.2 Å². The number of hydrogen-bond donors (Lipinski definition) is 0. The maximum absolute atomic E-state index is 2.58. The summed E-state index contributed by atoms with van der Waals surface area (Å²) in [6.07, 6.45) is 9.97. The van der Waals surface area contributed by atoms with Gasteiger partial charge >= 0.3 is 0 Å². The van der Waals surface area contributed by atoms with Crippen LogP contribution < -0.4 is 24.0 Å². The van der Waals surface area contributed by atoms with Gasteiger partial charge in [0.15, 0.2) is 0 Å². The molecule has 18 heavy (non-hydrogen) atoms. The number of hydrogen-bond acceptors (Lipinski definition) is 0. The van der Waals surface area contributed by atoms with Crippen molar-refractivity contribution < 1.29 is 28.5 Å². The first-order chi connectivity index (χ1) is 8.09. The van der Waals surface area contributed by atoms with Crippen LogP contribution in [-0.2, 0) is 0 Å². The molecular weight excluding hydrogens is 333 g/mol. The highest BCUT2D eigenvalue weighted by Gasteiger charge is 2.54. The first-order valence-corrected chi connectivity index (χ1v) is 7.65. The van der Waals surface area contributed by atoms with Gasteiger partial charge in [0.25, 0.3) is 0 Å². The Balaban J connectivity index is 0.00000120. The molecular formula is C16H28IN. The van der Waals surface area contributed by atoms with Crippen LogP contribution in [0.4, 0.5) is 0 Å². The molecule has 1 saturated heterocycles. The fourth-order valence-corrected chi connectivity index (χ4v) is 4.88. The predicted octanol–water partition coefficient (Wildman–Crippen LogP) is 0.900. The summed E-state index contributed by atoms with van der Waals surface area (Å²) < 4.78 is 1.35. The molecule has 0 aromatic rings. The fraction of sp³-hybridized carbons (Fsp3) is 0.875. The van der Waals surface area contributed by atoms with Gasteiger partial charge in [0.1, 0.15) is 5.54 Å². The molecule has 2 heteroatoms. The molecule has 1 fully saturated rings. The SMILES string of the molecule is CCC1CCC2(C)C3=C(CCC3)CC[N+]2(C)C1.[I-]. The van der Waals surface area contributed by atoms with Crippen molar-refractivity contribution in [3.8, 4) is 0 Å². The molecule has 0 radical (unpaired) electrons. The number of likely N-dealkylation sites (N-methyl/N-ethyl adjacent to an activating group) is 1. The minimum absolute atomic E-state index is 0. The number of piperidine rings is 1. The molecule has 3 atom stereocenters. The van der Waals surface area contributed by atoms with E-state index < -0.39 is 0 Å². The predicted molar refractivity (Wildman–Crippen MR) is 72.8 cm³/mol. The molecule has 1 nitrogen and oxygen atoms in total.